The SMILES string of the molecule is CCCCC(C)N[C@H]1CCN(c2cc(CCC)nc(Nc3cccc(C#N)c3)n2)C1. The lowest BCUT2D eigenvalue weighted by molar-refractivity contribution is 0.436. The van der Waals surface area contributed by atoms with E-state index in [1.165, 1.54) is 19.3 Å². The largest absolute Gasteiger partial charge is 0.355 e. The molecular weight excluding hydrogens is 372 g/mol. The number of hydrogen-bond acceptors (Lipinski definition) is 6. The van der Waals surface area contributed by atoms with Crippen LogP contribution in [0.25, 0.3) is 0 Å². The van der Waals surface area contributed by atoms with Gasteiger partial charge in [-0.25, -0.2) is 4.98 Å². The van der Waals surface area contributed by atoms with Gasteiger partial charge in [-0.1, -0.05) is 39.2 Å². The lowest BCUT2D eigenvalue weighted by atomic mass is 10.1. The van der Waals surface area contributed by atoms with Crippen molar-refractivity contribution in [1.82, 2.24) is 15.3 Å². The van der Waals surface area contributed by atoms with Gasteiger partial charge >= 0.3 is 0 Å². The van der Waals surface area contributed by atoms with Crippen molar-refractivity contribution in [2.24, 2.45) is 0 Å². The van der Waals surface area contributed by atoms with Gasteiger partial charge in [-0.15, -0.1) is 0 Å². The van der Waals surface area contributed by atoms with E-state index in [2.05, 4.69) is 48.4 Å². The first-order valence-corrected chi connectivity index (χ1v) is 11.3. The predicted octanol–water partition coefficient (Wildman–Crippen LogP) is 4.79. The van der Waals surface area contributed by atoms with E-state index in [0.717, 1.165) is 49.6 Å². The lowest BCUT2D eigenvalue weighted by Crippen LogP contribution is -2.38. The maximum absolute atomic E-state index is 9.14. The van der Waals surface area contributed by atoms with Crippen molar-refractivity contribution in [3.05, 3.63) is 41.6 Å². The quantitative estimate of drug-likeness (QED) is 0.591. The Balaban J connectivity index is 1.72. The highest BCUT2D eigenvalue weighted by atomic mass is 15.3. The van der Waals surface area contributed by atoms with Gasteiger partial charge in [-0.3, -0.25) is 0 Å². The first kappa shape index (κ1) is 22.0. The Morgan fingerprint density at radius 2 is 2.10 bits per heavy atom. The number of hydrogen-bond donors (Lipinski definition) is 2. The van der Waals surface area contributed by atoms with E-state index in [1.54, 1.807) is 6.07 Å². The minimum Gasteiger partial charge on any atom is -0.355 e. The number of anilines is 3. The molecular formula is C24H34N6. The molecule has 0 amide bonds. The summed E-state index contributed by atoms with van der Waals surface area (Å²) >= 11 is 0. The zero-order valence-corrected chi connectivity index (χ0v) is 18.5. The third-order valence-corrected chi connectivity index (χ3v) is 5.54. The van der Waals surface area contributed by atoms with Crippen molar-refractivity contribution in [2.75, 3.05) is 23.3 Å². The Kier molecular flexibility index (Phi) is 8.04. The second-order valence-corrected chi connectivity index (χ2v) is 8.25. The molecule has 0 spiro atoms. The molecule has 6 nitrogen and oxygen atoms in total. The predicted molar refractivity (Wildman–Crippen MR) is 123 cm³/mol. The van der Waals surface area contributed by atoms with Gasteiger partial charge in [0.2, 0.25) is 5.95 Å². The normalized spacial score (nSPS) is 17.0. The van der Waals surface area contributed by atoms with Crippen LogP contribution in [0, 0.1) is 11.3 Å². The topological polar surface area (TPSA) is 76.9 Å². The average molecular weight is 407 g/mol. The molecule has 0 bridgehead atoms. The van der Waals surface area contributed by atoms with Crippen LogP contribution in [0.15, 0.2) is 30.3 Å². The summed E-state index contributed by atoms with van der Waals surface area (Å²) in [7, 11) is 0. The van der Waals surface area contributed by atoms with Gasteiger partial charge in [0.15, 0.2) is 0 Å². The number of unbranched alkanes of at least 4 members (excludes halogenated alkanes) is 1. The maximum atomic E-state index is 9.14. The zero-order chi connectivity index (χ0) is 21.3. The van der Waals surface area contributed by atoms with Crippen LogP contribution in [-0.2, 0) is 6.42 Å². The molecule has 1 aromatic carbocycles. The average Bonchev–Trinajstić information content (AvgIpc) is 3.21. The highest BCUT2D eigenvalue weighted by molar-refractivity contribution is 5.58. The van der Waals surface area contributed by atoms with Crippen LogP contribution >= 0.6 is 0 Å². The van der Waals surface area contributed by atoms with Crippen LogP contribution in [-0.4, -0.2) is 35.1 Å². The fraction of sp³-hybridized carbons (Fsp3) is 0.542. The minimum atomic E-state index is 0.505. The summed E-state index contributed by atoms with van der Waals surface area (Å²) in [6, 6.07) is 12.8. The van der Waals surface area contributed by atoms with E-state index >= 15 is 0 Å². The van der Waals surface area contributed by atoms with E-state index in [9.17, 15) is 0 Å². The van der Waals surface area contributed by atoms with Crippen molar-refractivity contribution in [3.63, 3.8) is 0 Å². The molecule has 0 radical (unpaired) electrons. The van der Waals surface area contributed by atoms with Crippen LogP contribution in [0.3, 0.4) is 0 Å². The highest BCUT2D eigenvalue weighted by Crippen LogP contribution is 2.23. The molecule has 2 N–H and O–H groups in total. The second kappa shape index (κ2) is 10.9. The first-order valence-electron chi connectivity index (χ1n) is 11.3. The Labute approximate surface area is 180 Å². The summed E-state index contributed by atoms with van der Waals surface area (Å²) in [5.41, 5.74) is 2.50. The second-order valence-electron chi connectivity index (χ2n) is 8.25. The Bertz CT molecular complexity index is 859. The van der Waals surface area contributed by atoms with E-state index < -0.39 is 0 Å². The Morgan fingerprint density at radius 1 is 1.23 bits per heavy atom. The molecule has 1 saturated heterocycles. The molecule has 1 aliphatic rings. The smallest absolute Gasteiger partial charge is 0.229 e. The molecule has 1 aromatic heterocycles. The summed E-state index contributed by atoms with van der Waals surface area (Å²) in [6.07, 6.45) is 6.86. The third kappa shape index (κ3) is 6.17. The van der Waals surface area contributed by atoms with Crippen LogP contribution in [0.5, 0.6) is 0 Å². The van der Waals surface area contributed by atoms with Gasteiger partial charge in [-0.05, 0) is 44.4 Å². The lowest BCUT2D eigenvalue weighted by Gasteiger charge is -2.22. The van der Waals surface area contributed by atoms with Gasteiger partial charge in [0.05, 0.1) is 11.6 Å². The number of nitrogens with one attached hydrogen (secondary N) is 2. The maximum Gasteiger partial charge on any atom is 0.229 e. The number of aryl methyl sites for hydroxylation is 1. The minimum absolute atomic E-state index is 0.505. The van der Waals surface area contributed by atoms with Crippen molar-refractivity contribution in [3.8, 4) is 6.07 Å². The van der Waals surface area contributed by atoms with E-state index in [-0.39, 0.29) is 0 Å². The van der Waals surface area contributed by atoms with E-state index in [4.69, 9.17) is 15.2 Å². The molecule has 2 heterocycles. The van der Waals surface area contributed by atoms with Crippen LogP contribution < -0.4 is 15.5 Å². The van der Waals surface area contributed by atoms with Gasteiger partial charge in [0.25, 0.3) is 0 Å². The molecule has 1 unspecified atom stereocenters. The molecule has 2 aromatic rings. The molecule has 0 aliphatic carbocycles. The van der Waals surface area contributed by atoms with Crippen molar-refractivity contribution < 1.29 is 0 Å². The molecule has 1 fully saturated rings. The number of nitrogens with zero attached hydrogens (tertiary/aromatic N) is 4. The molecule has 6 heteroatoms. The summed E-state index contributed by atoms with van der Waals surface area (Å²) < 4.78 is 0. The summed E-state index contributed by atoms with van der Waals surface area (Å²) in [5.74, 6) is 1.58. The summed E-state index contributed by atoms with van der Waals surface area (Å²) in [4.78, 5) is 11.9. The van der Waals surface area contributed by atoms with Gasteiger partial charge in [0.1, 0.15) is 5.82 Å². The number of rotatable bonds is 10. The van der Waals surface area contributed by atoms with Crippen molar-refractivity contribution in [1.29, 1.82) is 5.26 Å². The molecule has 0 saturated carbocycles. The van der Waals surface area contributed by atoms with Gasteiger partial charge in [0, 0.05) is 42.6 Å². The Hall–Kier alpha value is -2.65. The van der Waals surface area contributed by atoms with Crippen molar-refractivity contribution >= 4 is 17.5 Å². The third-order valence-electron chi connectivity index (χ3n) is 5.54. The highest BCUT2D eigenvalue weighted by Gasteiger charge is 2.25. The van der Waals surface area contributed by atoms with Crippen LogP contribution in [0.2, 0.25) is 0 Å². The molecule has 3 rings (SSSR count). The number of aromatic nitrogens is 2. The van der Waals surface area contributed by atoms with E-state index in [1.807, 2.05) is 18.2 Å². The monoisotopic (exact) mass is 406 g/mol. The van der Waals surface area contributed by atoms with E-state index in [0.29, 0.717) is 23.6 Å². The van der Waals surface area contributed by atoms with Gasteiger partial charge in [-0.2, -0.15) is 10.2 Å². The fourth-order valence-corrected chi connectivity index (χ4v) is 3.98. The molecule has 160 valence electrons. The standard InChI is InChI=1S/C24H34N6/c1-4-6-9-18(3)26-22-12-13-30(17-22)23-15-20(8-5-2)27-24(29-23)28-21-11-7-10-19(14-21)16-25/h7,10-11,14-15,18,22,26H,4-6,8-9,12-13,17H2,1-3H3,(H,27,28,29)/t18?,22-/m0/s1. The van der Waals surface area contributed by atoms with Crippen molar-refractivity contribution in [2.45, 2.75) is 71.4 Å². The molecule has 1 aliphatic heterocycles. The fourth-order valence-electron chi connectivity index (χ4n) is 3.98. The van der Waals surface area contributed by atoms with Crippen LogP contribution in [0.4, 0.5) is 17.5 Å². The molecule has 30 heavy (non-hydrogen) atoms. The van der Waals surface area contributed by atoms with Gasteiger partial charge < -0.3 is 15.5 Å². The summed E-state index contributed by atoms with van der Waals surface area (Å²) in [5, 5.41) is 16.2. The summed E-state index contributed by atoms with van der Waals surface area (Å²) in [6.45, 7) is 8.68. The zero-order valence-electron chi connectivity index (χ0n) is 18.5. The number of nitriles is 1. The molecule has 2 atom stereocenters. The number of benzene rings is 1. The Morgan fingerprint density at radius 3 is 2.87 bits per heavy atom. The van der Waals surface area contributed by atoms with Crippen LogP contribution in [0.1, 0.15) is 64.1 Å². The first-order chi connectivity index (χ1) is 14.6.